The molecule has 1 aromatic carbocycles. The molecule has 0 spiro atoms. The molecule has 0 aromatic heterocycles. The van der Waals surface area contributed by atoms with Crippen molar-refractivity contribution in [2.24, 2.45) is 0 Å². The van der Waals surface area contributed by atoms with Crippen molar-refractivity contribution in [2.45, 2.75) is 30.7 Å². The summed E-state index contributed by atoms with van der Waals surface area (Å²) in [6, 6.07) is 7.77. The highest BCUT2D eigenvalue weighted by Gasteiger charge is 2.20. The van der Waals surface area contributed by atoms with Crippen LogP contribution in [0.4, 0.5) is 0 Å². The second-order valence-electron chi connectivity index (χ2n) is 3.52. The first kappa shape index (κ1) is 14.0. The van der Waals surface area contributed by atoms with Gasteiger partial charge in [-0.2, -0.15) is 5.26 Å². The zero-order valence-electron chi connectivity index (χ0n) is 9.35. The summed E-state index contributed by atoms with van der Waals surface area (Å²) >= 11 is 5.83. The Morgan fingerprint density at radius 1 is 1.47 bits per heavy atom. The van der Waals surface area contributed by atoms with Crippen LogP contribution in [0.2, 0.25) is 5.02 Å². The van der Waals surface area contributed by atoms with Gasteiger partial charge in [0.1, 0.15) is 4.90 Å². The zero-order valence-corrected chi connectivity index (χ0v) is 10.9. The minimum atomic E-state index is -3.66. The van der Waals surface area contributed by atoms with Gasteiger partial charge in [0.2, 0.25) is 10.0 Å². The first-order chi connectivity index (χ1) is 8.01. The van der Waals surface area contributed by atoms with E-state index in [0.29, 0.717) is 6.42 Å². The van der Waals surface area contributed by atoms with Crippen LogP contribution in [0.3, 0.4) is 0 Å². The SMILES string of the molecule is CCC(CC#N)NS(=O)(=O)c1ccccc1Cl. The number of rotatable bonds is 5. The highest BCUT2D eigenvalue weighted by molar-refractivity contribution is 7.89. The van der Waals surface area contributed by atoms with Gasteiger partial charge in [-0.15, -0.1) is 0 Å². The lowest BCUT2D eigenvalue weighted by molar-refractivity contribution is 0.543. The highest BCUT2D eigenvalue weighted by atomic mass is 35.5. The fourth-order valence-corrected chi connectivity index (χ4v) is 3.16. The fourth-order valence-electron chi connectivity index (χ4n) is 1.33. The van der Waals surface area contributed by atoms with Gasteiger partial charge in [-0.3, -0.25) is 0 Å². The molecule has 0 radical (unpaired) electrons. The minimum Gasteiger partial charge on any atom is -0.207 e. The van der Waals surface area contributed by atoms with E-state index in [9.17, 15) is 8.42 Å². The van der Waals surface area contributed by atoms with Crippen LogP contribution in [0.25, 0.3) is 0 Å². The van der Waals surface area contributed by atoms with Crippen molar-refractivity contribution in [1.82, 2.24) is 4.72 Å². The van der Waals surface area contributed by atoms with Crippen molar-refractivity contribution in [3.05, 3.63) is 29.3 Å². The van der Waals surface area contributed by atoms with E-state index in [0.717, 1.165) is 0 Å². The summed E-state index contributed by atoms with van der Waals surface area (Å²) in [7, 11) is -3.66. The number of nitrogens with zero attached hydrogens (tertiary/aromatic N) is 1. The molecule has 0 saturated carbocycles. The maximum absolute atomic E-state index is 12.0. The predicted molar refractivity (Wildman–Crippen MR) is 66.1 cm³/mol. The second kappa shape index (κ2) is 6.01. The van der Waals surface area contributed by atoms with Gasteiger partial charge < -0.3 is 0 Å². The molecule has 0 fully saturated rings. The van der Waals surface area contributed by atoms with Crippen molar-refractivity contribution >= 4 is 21.6 Å². The van der Waals surface area contributed by atoms with Gasteiger partial charge in [0, 0.05) is 6.04 Å². The Labute approximate surface area is 106 Å². The average Bonchev–Trinajstić information content (AvgIpc) is 2.28. The molecule has 0 saturated heterocycles. The van der Waals surface area contributed by atoms with Crippen LogP contribution < -0.4 is 4.72 Å². The molecular formula is C11H13ClN2O2S. The molecule has 4 nitrogen and oxygen atoms in total. The Morgan fingerprint density at radius 3 is 2.65 bits per heavy atom. The van der Waals surface area contributed by atoms with Crippen LogP contribution in [0.1, 0.15) is 19.8 Å². The molecule has 0 heterocycles. The first-order valence-corrected chi connectivity index (χ1v) is 7.01. The van der Waals surface area contributed by atoms with E-state index in [2.05, 4.69) is 4.72 Å². The van der Waals surface area contributed by atoms with Gasteiger partial charge in [0.05, 0.1) is 17.5 Å². The lowest BCUT2D eigenvalue weighted by Crippen LogP contribution is -2.34. The van der Waals surface area contributed by atoms with E-state index < -0.39 is 10.0 Å². The van der Waals surface area contributed by atoms with Crippen LogP contribution in [-0.2, 0) is 10.0 Å². The van der Waals surface area contributed by atoms with E-state index in [-0.39, 0.29) is 22.4 Å². The summed E-state index contributed by atoms with van der Waals surface area (Å²) < 4.78 is 26.5. The fraction of sp³-hybridized carbons (Fsp3) is 0.364. The Morgan fingerprint density at radius 2 is 2.12 bits per heavy atom. The van der Waals surface area contributed by atoms with Gasteiger partial charge in [-0.25, -0.2) is 13.1 Å². The largest absolute Gasteiger partial charge is 0.242 e. The summed E-state index contributed by atoms with van der Waals surface area (Å²) in [5.41, 5.74) is 0. The topological polar surface area (TPSA) is 70.0 Å². The van der Waals surface area contributed by atoms with Crippen LogP contribution in [0, 0.1) is 11.3 Å². The maximum Gasteiger partial charge on any atom is 0.242 e. The molecule has 0 amide bonds. The Kier molecular flexibility index (Phi) is 4.94. The van der Waals surface area contributed by atoms with E-state index in [4.69, 9.17) is 16.9 Å². The third kappa shape index (κ3) is 3.70. The van der Waals surface area contributed by atoms with E-state index >= 15 is 0 Å². The predicted octanol–water partition coefficient (Wildman–Crippen LogP) is 2.31. The number of hydrogen-bond donors (Lipinski definition) is 1. The van der Waals surface area contributed by atoms with Crippen LogP contribution in [-0.4, -0.2) is 14.5 Å². The molecule has 1 atom stereocenters. The minimum absolute atomic E-state index is 0.0399. The summed E-state index contributed by atoms with van der Waals surface area (Å²) in [5, 5.41) is 8.75. The molecule has 6 heteroatoms. The standard InChI is InChI=1S/C11H13ClN2O2S/c1-2-9(7-8-13)14-17(15,16)11-6-4-3-5-10(11)12/h3-6,9,14H,2,7H2,1H3. The number of hydrogen-bond acceptors (Lipinski definition) is 3. The van der Waals surface area contributed by atoms with Gasteiger partial charge in [0.25, 0.3) is 0 Å². The Bertz CT molecular complexity index is 523. The summed E-state index contributed by atoms with van der Waals surface area (Å²) in [4.78, 5) is 0.0399. The Hall–Kier alpha value is -1.09. The molecule has 0 bridgehead atoms. The molecule has 1 unspecified atom stereocenters. The molecule has 0 aliphatic rings. The highest BCUT2D eigenvalue weighted by Crippen LogP contribution is 2.20. The number of nitriles is 1. The average molecular weight is 273 g/mol. The number of nitrogens with one attached hydrogen (secondary N) is 1. The first-order valence-electron chi connectivity index (χ1n) is 5.15. The monoisotopic (exact) mass is 272 g/mol. The lowest BCUT2D eigenvalue weighted by atomic mass is 10.2. The van der Waals surface area contributed by atoms with Gasteiger partial charge in [0.15, 0.2) is 0 Å². The van der Waals surface area contributed by atoms with E-state index in [1.807, 2.05) is 13.0 Å². The quantitative estimate of drug-likeness (QED) is 0.894. The molecule has 92 valence electrons. The molecule has 17 heavy (non-hydrogen) atoms. The molecule has 0 aliphatic carbocycles. The summed E-state index contributed by atoms with van der Waals surface area (Å²) in [5.74, 6) is 0. The van der Waals surface area contributed by atoms with Crippen LogP contribution in [0.5, 0.6) is 0 Å². The number of benzene rings is 1. The van der Waals surface area contributed by atoms with Gasteiger partial charge in [-0.1, -0.05) is 30.7 Å². The van der Waals surface area contributed by atoms with Crippen molar-refractivity contribution in [1.29, 1.82) is 5.26 Å². The summed E-state index contributed by atoms with van der Waals surface area (Å²) in [6.07, 6.45) is 0.692. The van der Waals surface area contributed by atoms with Crippen LogP contribution >= 0.6 is 11.6 Å². The molecule has 1 N–H and O–H groups in total. The van der Waals surface area contributed by atoms with E-state index in [1.54, 1.807) is 12.1 Å². The van der Waals surface area contributed by atoms with Gasteiger partial charge in [-0.05, 0) is 18.6 Å². The molecule has 0 aliphatic heterocycles. The van der Waals surface area contributed by atoms with Crippen molar-refractivity contribution in [2.75, 3.05) is 0 Å². The van der Waals surface area contributed by atoms with Gasteiger partial charge >= 0.3 is 0 Å². The third-order valence-electron chi connectivity index (χ3n) is 2.28. The van der Waals surface area contributed by atoms with Crippen molar-refractivity contribution < 1.29 is 8.42 Å². The number of sulfonamides is 1. The number of halogens is 1. The molecule has 1 aromatic rings. The van der Waals surface area contributed by atoms with Crippen molar-refractivity contribution in [3.63, 3.8) is 0 Å². The summed E-state index contributed by atoms with van der Waals surface area (Å²) in [6.45, 7) is 1.82. The third-order valence-corrected chi connectivity index (χ3v) is 4.30. The lowest BCUT2D eigenvalue weighted by Gasteiger charge is -2.14. The Balaban J connectivity index is 2.97. The molecule has 1 rings (SSSR count). The maximum atomic E-state index is 12.0. The normalized spacial score (nSPS) is 13.0. The zero-order chi connectivity index (χ0) is 12.9. The molecular weight excluding hydrogens is 260 g/mol. The van der Waals surface area contributed by atoms with Crippen LogP contribution in [0.15, 0.2) is 29.2 Å². The second-order valence-corrected chi connectivity index (χ2v) is 5.61. The van der Waals surface area contributed by atoms with E-state index in [1.165, 1.54) is 12.1 Å². The smallest absolute Gasteiger partial charge is 0.207 e. The van der Waals surface area contributed by atoms with Crippen molar-refractivity contribution in [3.8, 4) is 6.07 Å².